The van der Waals surface area contributed by atoms with Crippen molar-refractivity contribution < 1.29 is 47.7 Å². The smallest absolute Gasteiger partial charge is 1.00 e. The summed E-state index contributed by atoms with van der Waals surface area (Å²) in [5.41, 5.74) is 6.91. The van der Waals surface area contributed by atoms with Crippen molar-refractivity contribution in [1.82, 2.24) is 0 Å². The quantitative estimate of drug-likeness (QED) is 0.376. The van der Waals surface area contributed by atoms with Gasteiger partial charge in [-0.15, -0.1) is 0 Å². The normalized spacial score (nSPS) is 22.9. The molecular weight excluding hydrogens is 470 g/mol. The van der Waals surface area contributed by atoms with E-state index in [1.807, 2.05) is 17.1 Å². The summed E-state index contributed by atoms with van der Waals surface area (Å²) in [7, 11) is -1.43. The Hall–Kier alpha value is 0.627. The van der Waals surface area contributed by atoms with E-state index in [0.717, 1.165) is 0 Å². The second-order valence-corrected chi connectivity index (χ2v) is 16.1. The summed E-state index contributed by atoms with van der Waals surface area (Å²) in [5, 5.41) is 3.64. The molecule has 0 unspecified atom stereocenters. The average Bonchev–Trinajstić information content (AvgIpc) is 2.67. The van der Waals surface area contributed by atoms with Gasteiger partial charge in [-0.3, -0.25) is 0 Å². The molecule has 0 N–H and O–H groups in total. The Bertz CT molecular complexity index is 542. The first-order chi connectivity index (χ1) is 8.34. The van der Waals surface area contributed by atoms with Crippen molar-refractivity contribution in [3.8, 4) is 0 Å². The zero-order valence-corrected chi connectivity index (χ0v) is 19.3. The van der Waals surface area contributed by atoms with Gasteiger partial charge in [0.2, 0.25) is 0 Å². The summed E-state index contributed by atoms with van der Waals surface area (Å²) in [4.78, 5) is 0. The van der Waals surface area contributed by atoms with E-state index in [9.17, 15) is 0 Å². The monoisotopic (exact) mass is 492 g/mol. The van der Waals surface area contributed by atoms with Gasteiger partial charge in [0.15, 0.2) is 0 Å². The Morgan fingerprint density at radius 1 is 0.750 bits per heavy atom. The van der Waals surface area contributed by atoms with E-state index < -0.39 is 31.0 Å². The van der Waals surface area contributed by atoms with Gasteiger partial charge in [-0.05, 0) is 0 Å². The van der Waals surface area contributed by atoms with Gasteiger partial charge in [0.1, 0.15) is 0 Å². The van der Waals surface area contributed by atoms with Gasteiger partial charge in [0.25, 0.3) is 0 Å². The number of fused-ring (bicyclic) bond motifs is 2. The van der Waals surface area contributed by atoms with Gasteiger partial charge in [0.05, 0.1) is 0 Å². The molecule has 3 aliphatic rings. The maximum atomic E-state index is 2.59. The van der Waals surface area contributed by atoms with Gasteiger partial charge in [0, 0.05) is 0 Å². The molecule has 1 aliphatic heterocycles. The summed E-state index contributed by atoms with van der Waals surface area (Å²) in [6.07, 6.45) is 2.67. The molecule has 0 amide bonds. The van der Waals surface area contributed by atoms with Crippen LogP contribution < -0.4 is 24.8 Å². The van der Waals surface area contributed by atoms with E-state index in [-0.39, 0.29) is 24.8 Å². The average molecular weight is 492 g/mol. The van der Waals surface area contributed by atoms with E-state index >= 15 is 0 Å². The zero-order valence-electron chi connectivity index (χ0n) is 13.2. The summed E-state index contributed by atoms with van der Waals surface area (Å²) in [5.74, 6) is 0. The molecule has 2 aliphatic carbocycles. The molecular formula is C16H22Cl2HfSi. The fraction of sp³-hybridized carbons (Fsp3) is 0.500. The first-order valence-electron chi connectivity index (χ1n) is 6.91. The first kappa shape index (κ1) is 18.7. The van der Waals surface area contributed by atoms with Crippen molar-refractivity contribution in [2.24, 2.45) is 0 Å². The topological polar surface area (TPSA) is 0 Å². The van der Waals surface area contributed by atoms with Crippen LogP contribution in [0.1, 0.15) is 40.5 Å². The third-order valence-corrected chi connectivity index (χ3v) is 15.2. The van der Waals surface area contributed by atoms with Gasteiger partial charge in [-0.2, -0.15) is 0 Å². The van der Waals surface area contributed by atoms with Crippen molar-refractivity contribution in [3.63, 3.8) is 0 Å². The predicted octanol–water partition coefficient (Wildman–Crippen LogP) is -1.13. The molecule has 0 atom stereocenters. The van der Waals surface area contributed by atoms with Crippen molar-refractivity contribution in [2.75, 3.05) is 0 Å². The van der Waals surface area contributed by atoms with Crippen LogP contribution in [0.25, 0.3) is 0 Å². The molecule has 0 saturated carbocycles. The molecule has 0 nitrogen and oxygen atoms in total. The summed E-state index contributed by atoms with van der Waals surface area (Å²) in [6.45, 7) is 14.8. The third-order valence-electron chi connectivity index (χ3n) is 4.94. The molecule has 4 heteroatoms. The number of allylic oxidation sites excluding steroid dienone is 8. The standard InChI is InChI=1S/C16H22Si.2ClH.Hf/c1-11-7-8-12(2)15(11)17(5,6)16-13(3)9-10-14(16)4;;;/h7,9H2,1-6H3;2*1H;/q;;;+2/p-2. The van der Waals surface area contributed by atoms with Crippen LogP contribution in [-0.2, 0) is 22.9 Å². The molecule has 0 spiro atoms. The molecule has 1 heterocycles. The van der Waals surface area contributed by atoms with Gasteiger partial charge >= 0.3 is 124 Å². The molecule has 0 aromatic heterocycles. The maximum absolute atomic E-state index is 2.59. The Balaban J connectivity index is 0.000001000. The molecule has 0 radical (unpaired) electrons. The molecule has 0 saturated heterocycles. The zero-order chi connectivity index (χ0) is 13.2. The molecule has 0 aromatic rings. The van der Waals surface area contributed by atoms with Crippen LogP contribution in [0.5, 0.6) is 0 Å². The molecule has 0 aromatic carbocycles. The van der Waals surface area contributed by atoms with Crippen molar-refractivity contribution in [2.45, 2.75) is 53.6 Å². The second-order valence-electron chi connectivity index (χ2n) is 6.62. The van der Waals surface area contributed by atoms with Gasteiger partial charge in [-0.25, -0.2) is 0 Å². The summed E-state index contributed by atoms with van der Waals surface area (Å²) >= 11 is -0.701. The van der Waals surface area contributed by atoms with Crippen LogP contribution in [-0.4, -0.2) is 8.07 Å². The molecule has 0 fully saturated rings. The van der Waals surface area contributed by atoms with Gasteiger partial charge < -0.3 is 24.8 Å². The number of hydrogen-bond donors (Lipinski definition) is 0. The minimum absolute atomic E-state index is 0. The minimum Gasteiger partial charge on any atom is -1.00 e. The SMILES string of the molecule is CC1=C2C(C)=[C](C1)[Hf+2][C]1=C(C)C(=C(C)C1)[Si]2(C)C.[Cl-].[Cl-]. The van der Waals surface area contributed by atoms with Crippen molar-refractivity contribution in [1.29, 1.82) is 0 Å². The van der Waals surface area contributed by atoms with E-state index in [1.165, 1.54) is 12.8 Å². The number of hydrogen-bond acceptors (Lipinski definition) is 0. The summed E-state index contributed by atoms with van der Waals surface area (Å²) < 4.78 is 3.82. The molecule has 3 rings (SSSR count). The number of rotatable bonds is 0. The fourth-order valence-electron chi connectivity index (χ4n) is 4.50. The summed E-state index contributed by atoms with van der Waals surface area (Å²) in [6, 6.07) is 0. The van der Waals surface area contributed by atoms with E-state index in [2.05, 4.69) is 40.8 Å². The Morgan fingerprint density at radius 3 is 1.45 bits per heavy atom. The molecule has 20 heavy (non-hydrogen) atoms. The van der Waals surface area contributed by atoms with Crippen molar-refractivity contribution in [3.05, 3.63) is 39.3 Å². The van der Waals surface area contributed by atoms with E-state index in [0.29, 0.717) is 0 Å². The number of halogens is 2. The van der Waals surface area contributed by atoms with Crippen LogP contribution in [0.2, 0.25) is 13.1 Å². The predicted molar refractivity (Wildman–Crippen MR) is 77.5 cm³/mol. The molecule has 4 bridgehead atoms. The first-order valence-corrected chi connectivity index (χ1v) is 13.5. The molecule has 108 valence electrons. The second kappa shape index (κ2) is 6.02. The van der Waals surface area contributed by atoms with E-state index in [4.69, 9.17) is 0 Å². The van der Waals surface area contributed by atoms with Crippen molar-refractivity contribution >= 4 is 8.07 Å². The largest absolute Gasteiger partial charge is 1.00 e. The van der Waals surface area contributed by atoms with Crippen LogP contribution in [0.3, 0.4) is 0 Å². The Labute approximate surface area is 148 Å². The van der Waals surface area contributed by atoms with Crippen LogP contribution in [0, 0.1) is 0 Å². The van der Waals surface area contributed by atoms with E-state index in [1.54, 1.807) is 22.3 Å². The fourth-order valence-corrected chi connectivity index (χ4v) is 16.2. The van der Waals surface area contributed by atoms with Crippen LogP contribution in [0.4, 0.5) is 0 Å². The van der Waals surface area contributed by atoms with Crippen LogP contribution >= 0.6 is 0 Å². The maximum Gasteiger partial charge on any atom is -1.00 e. The third kappa shape index (κ3) is 2.45. The van der Waals surface area contributed by atoms with Crippen LogP contribution in [0.15, 0.2) is 39.3 Å². The minimum atomic E-state index is -1.43. The Kier molecular flexibility index (Phi) is 5.62. The Morgan fingerprint density at radius 2 is 1.10 bits per heavy atom. The van der Waals surface area contributed by atoms with Gasteiger partial charge in [-0.1, -0.05) is 0 Å².